The molecule has 0 bridgehead atoms. The van der Waals surface area contributed by atoms with Crippen LogP contribution in [0.3, 0.4) is 0 Å². The average molecular weight is 189 g/mol. The average Bonchev–Trinajstić information content (AvgIpc) is 1.81. The Kier molecular flexibility index (Phi) is 4.32. The minimum Gasteiger partial charge on any atom is -0.459 e. The number of nitrogens with two attached hydrogens (primary N) is 2. The molecule has 0 radical (unpaired) electrons. The fourth-order valence-corrected chi connectivity index (χ4v) is 0.762. The van der Waals surface area contributed by atoms with E-state index in [9.17, 15) is 4.79 Å². The Morgan fingerprint density at radius 2 is 2.00 bits per heavy atom. The number of hydrazine groups is 1. The summed E-state index contributed by atoms with van der Waals surface area (Å²) in [6, 6.07) is -0.686. The van der Waals surface area contributed by atoms with Crippen molar-refractivity contribution in [1.29, 1.82) is 0 Å². The molecule has 0 amide bonds. The van der Waals surface area contributed by atoms with Crippen LogP contribution in [-0.2, 0) is 9.53 Å². The molecule has 5 heteroatoms. The van der Waals surface area contributed by atoms with Crippen molar-refractivity contribution in [1.82, 2.24) is 5.01 Å². The lowest BCUT2D eigenvalue weighted by Gasteiger charge is -2.23. The second kappa shape index (κ2) is 4.55. The smallest absolute Gasteiger partial charge is 0.324 e. The van der Waals surface area contributed by atoms with Crippen molar-refractivity contribution < 1.29 is 9.53 Å². The van der Waals surface area contributed by atoms with Gasteiger partial charge in [-0.05, 0) is 20.8 Å². The van der Waals surface area contributed by atoms with E-state index in [-0.39, 0.29) is 6.54 Å². The van der Waals surface area contributed by atoms with Gasteiger partial charge in [-0.25, -0.2) is 5.01 Å². The number of carbonyl (C=O) groups excluding carboxylic acids is 1. The molecule has 13 heavy (non-hydrogen) atoms. The molecule has 0 aliphatic carbocycles. The van der Waals surface area contributed by atoms with Gasteiger partial charge in [0, 0.05) is 13.6 Å². The SMILES string of the molecule is CN(N)CC(N)C(=O)OC(C)(C)C. The minimum atomic E-state index is -0.686. The number of esters is 1. The Morgan fingerprint density at radius 1 is 1.54 bits per heavy atom. The first kappa shape index (κ1) is 12.3. The lowest BCUT2D eigenvalue weighted by atomic mass is 10.2. The molecule has 0 saturated carbocycles. The standard InChI is InChI=1S/C8H19N3O2/c1-8(2,3)13-7(12)6(9)5-11(4)10/h6H,5,9-10H2,1-4H3. The van der Waals surface area contributed by atoms with E-state index in [2.05, 4.69) is 0 Å². The van der Waals surface area contributed by atoms with E-state index in [1.807, 2.05) is 0 Å². The summed E-state index contributed by atoms with van der Waals surface area (Å²) >= 11 is 0. The molecular formula is C8H19N3O2. The van der Waals surface area contributed by atoms with E-state index in [1.54, 1.807) is 27.8 Å². The zero-order valence-electron chi connectivity index (χ0n) is 8.70. The van der Waals surface area contributed by atoms with Crippen molar-refractivity contribution in [3.05, 3.63) is 0 Å². The summed E-state index contributed by atoms with van der Waals surface area (Å²) in [7, 11) is 1.64. The third kappa shape index (κ3) is 6.51. The quantitative estimate of drug-likeness (QED) is 0.354. The molecule has 0 aromatic heterocycles. The Balaban J connectivity index is 3.97. The van der Waals surface area contributed by atoms with Crippen LogP contribution in [0, 0.1) is 0 Å². The topological polar surface area (TPSA) is 81.6 Å². The number of rotatable bonds is 3. The molecule has 78 valence electrons. The van der Waals surface area contributed by atoms with Gasteiger partial charge < -0.3 is 10.5 Å². The van der Waals surface area contributed by atoms with Crippen LogP contribution in [0.25, 0.3) is 0 Å². The van der Waals surface area contributed by atoms with Gasteiger partial charge in [-0.15, -0.1) is 0 Å². The van der Waals surface area contributed by atoms with Crippen LogP contribution >= 0.6 is 0 Å². The first-order chi connectivity index (χ1) is 5.72. The Labute approximate surface area is 79.0 Å². The summed E-state index contributed by atoms with van der Waals surface area (Å²) in [5.74, 6) is 4.91. The van der Waals surface area contributed by atoms with Gasteiger partial charge in [0.1, 0.15) is 11.6 Å². The highest BCUT2D eigenvalue weighted by atomic mass is 16.6. The Hall–Kier alpha value is -0.650. The van der Waals surface area contributed by atoms with Crippen molar-refractivity contribution in [2.75, 3.05) is 13.6 Å². The summed E-state index contributed by atoms with van der Waals surface area (Å²) in [4.78, 5) is 11.3. The lowest BCUT2D eigenvalue weighted by Crippen LogP contribution is -2.46. The molecule has 0 heterocycles. The van der Waals surface area contributed by atoms with Gasteiger partial charge in [-0.2, -0.15) is 0 Å². The Bertz CT molecular complexity index is 175. The number of carbonyl (C=O) groups is 1. The first-order valence-electron chi connectivity index (χ1n) is 4.16. The molecule has 0 aromatic carbocycles. The van der Waals surface area contributed by atoms with Gasteiger partial charge in [0.05, 0.1) is 0 Å². The van der Waals surface area contributed by atoms with Gasteiger partial charge >= 0.3 is 5.97 Å². The number of nitrogens with zero attached hydrogens (tertiary/aromatic N) is 1. The van der Waals surface area contributed by atoms with E-state index < -0.39 is 17.6 Å². The monoisotopic (exact) mass is 189 g/mol. The lowest BCUT2D eigenvalue weighted by molar-refractivity contribution is -0.156. The molecule has 0 saturated heterocycles. The summed E-state index contributed by atoms with van der Waals surface area (Å²) in [6.07, 6.45) is 0. The van der Waals surface area contributed by atoms with Crippen molar-refractivity contribution in [2.24, 2.45) is 11.6 Å². The molecule has 1 unspecified atom stereocenters. The Morgan fingerprint density at radius 3 is 2.31 bits per heavy atom. The first-order valence-corrected chi connectivity index (χ1v) is 4.16. The van der Waals surface area contributed by atoms with Crippen molar-refractivity contribution in [3.63, 3.8) is 0 Å². The van der Waals surface area contributed by atoms with Crippen LogP contribution in [0.2, 0.25) is 0 Å². The highest BCUT2D eigenvalue weighted by Gasteiger charge is 2.22. The zero-order valence-corrected chi connectivity index (χ0v) is 8.70. The highest BCUT2D eigenvalue weighted by molar-refractivity contribution is 5.76. The number of hydrogen-bond donors (Lipinski definition) is 2. The van der Waals surface area contributed by atoms with Crippen molar-refractivity contribution in [2.45, 2.75) is 32.4 Å². The van der Waals surface area contributed by atoms with Crippen LogP contribution in [0.4, 0.5) is 0 Å². The largest absolute Gasteiger partial charge is 0.459 e. The third-order valence-electron chi connectivity index (χ3n) is 1.19. The van der Waals surface area contributed by atoms with Gasteiger partial charge in [-0.1, -0.05) is 0 Å². The number of hydrogen-bond acceptors (Lipinski definition) is 5. The van der Waals surface area contributed by atoms with Crippen LogP contribution < -0.4 is 11.6 Å². The fraction of sp³-hybridized carbons (Fsp3) is 0.875. The van der Waals surface area contributed by atoms with Gasteiger partial charge in [-0.3, -0.25) is 10.6 Å². The summed E-state index contributed by atoms with van der Waals surface area (Å²) < 4.78 is 5.05. The molecule has 0 aromatic rings. The third-order valence-corrected chi connectivity index (χ3v) is 1.19. The maximum Gasteiger partial charge on any atom is 0.324 e. The fourth-order valence-electron chi connectivity index (χ4n) is 0.762. The maximum absolute atomic E-state index is 11.3. The van der Waals surface area contributed by atoms with Crippen LogP contribution in [-0.4, -0.2) is 36.2 Å². The van der Waals surface area contributed by atoms with Crippen molar-refractivity contribution in [3.8, 4) is 0 Å². The van der Waals surface area contributed by atoms with Gasteiger partial charge in [0.15, 0.2) is 0 Å². The second-order valence-corrected chi connectivity index (χ2v) is 4.08. The predicted octanol–water partition coefficient (Wildman–Crippen LogP) is -0.539. The summed E-state index contributed by atoms with van der Waals surface area (Å²) in [5, 5.41) is 1.36. The van der Waals surface area contributed by atoms with Gasteiger partial charge in [0.2, 0.25) is 0 Å². The molecule has 5 nitrogen and oxygen atoms in total. The molecule has 0 aliphatic heterocycles. The molecule has 4 N–H and O–H groups in total. The second-order valence-electron chi connectivity index (χ2n) is 4.08. The van der Waals surface area contributed by atoms with Gasteiger partial charge in [0.25, 0.3) is 0 Å². The van der Waals surface area contributed by atoms with Crippen LogP contribution in [0.15, 0.2) is 0 Å². The van der Waals surface area contributed by atoms with E-state index in [1.165, 1.54) is 5.01 Å². The minimum absolute atomic E-state index is 0.287. The van der Waals surface area contributed by atoms with Crippen molar-refractivity contribution >= 4 is 5.97 Å². The molecular weight excluding hydrogens is 170 g/mol. The highest BCUT2D eigenvalue weighted by Crippen LogP contribution is 2.07. The summed E-state index contributed by atoms with van der Waals surface area (Å²) in [5.41, 5.74) is 5.03. The van der Waals surface area contributed by atoms with Crippen LogP contribution in [0.1, 0.15) is 20.8 Å². The molecule has 0 fully saturated rings. The molecule has 0 spiro atoms. The predicted molar refractivity (Wildman–Crippen MR) is 50.6 cm³/mol. The molecule has 0 aliphatic rings. The maximum atomic E-state index is 11.3. The normalized spacial score (nSPS) is 14.4. The van der Waals surface area contributed by atoms with E-state index in [0.29, 0.717) is 0 Å². The summed E-state index contributed by atoms with van der Waals surface area (Å²) in [6.45, 7) is 5.67. The van der Waals surface area contributed by atoms with E-state index in [4.69, 9.17) is 16.3 Å². The van der Waals surface area contributed by atoms with E-state index in [0.717, 1.165) is 0 Å². The van der Waals surface area contributed by atoms with Crippen LogP contribution in [0.5, 0.6) is 0 Å². The molecule has 0 rings (SSSR count). The number of ether oxygens (including phenoxy) is 1. The molecule has 1 atom stereocenters. The number of likely N-dealkylation sites (N-methyl/N-ethyl adjacent to an activating group) is 1. The zero-order chi connectivity index (χ0) is 10.6. The van der Waals surface area contributed by atoms with E-state index >= 15 is 0 Å².